The molecule has 6 N–H and O–H groups in total. The molecular formula is C22H41N5O2. The number of rotatable bonds is 17. The number of nitrogens with two attached hydrogens (primary N) is 2. The van der Waals surface area contributed by atoms with Gasteiger partial charge in [0, 0.05) is 6.42 Å². The summed E-state index contributed by atoms with van der Waals surface area (Å²) in [4.78, 5) is 15.1. The lowest BCUT2D eigenvalue weighted by molar-refractivity contribution is -0.143. The number of nitrogens with one attached hydrogen (secondary N) is 2. The monoisotopic (exact) mass is 407 g/mol. The Morgan fingerprint density at radius 3 is 2.24 bits per heavy atom. The number of hydrogen-bond acceptors (Lipinski definition) is 3. The van der Waals surface area contributed by atoms with Crippen molar-refractivity contribution in [2.45, 2.75) is 84.0 Å². The summed E-state index contributed by atoms with van der Waals surface area (Å²) in [6.45, 7) is 2.74. The van der Waals surface area contributed by atoms with Gasteiger partial charge in [-0.05, 0) is 38.5 Å². The average Bonchev–Trinajstić information content (AvgIpc) is 2.67. The van der Waals surface area contributed by atoms with Crippen LogP contribution in [-0.2, 0) is 9.53 Å². The summed E-state index contributed by atoms with van der Waals surface area (Å²) < 4.78 is 5.09. The first kappa shape index (κ1) is 26.7. The first-order valence-corrected chi connectivity index (χ1v) is 10.9. The Balaban J connectivity index is 3.39. The second-order valence-corrected chi connectivity index (χ2v) is 7.01. The first-order valence-electron chi connectivity index (χ1n) is 10.9. The number of hydrogen-bond donors (Lipinski definition) is 4. The van der Waals surface area contributed by atoms with Crippen molar-refractivity contribution >= 4 is 17.9 Å². The summed E-state index contributed by atoms with van der Waals surface area (Å²) in [6, 6.07) is 0. The molecule has 0 bridgehead atoms. The van der Waals surface area contributed by atoms with Crippen molar-refractivity contribution in [3.63, 3.8) is 0 Å². The maximum absolute atomic E-state index is 11.6. The molecule has 166 valence electrons. The number of ether oxygens (including phenoxy) is 1. The Kier molecular flexibility index (Phi) is 18.8. The number of allylic oxidation sites excluding steroid dienone is 4. The average molecular weight is 408 g/mol. The molecule has 0 atom stereocenters. The lowest BCUT2D eigenvalue weighted by atomic mass is 10.1. The lowest BCUT2D eigenvalue weighted by Crippen LogP contribution is -2.31. The Hall–Kier alpha value is -2.31. The predicted octanol–water partition coefficient (Wildman–Crippen LogP) is 4.14. The maximum Gasteiger partial charge on any atom is 0.305 e. The number of esters is 1. The molecule has 0 aromatic heterocycles. The molecule has 7 nitrogen and oxygen atoms in total. The van der Waals surface area contributed by atoms with Gasteiger partial charge < -0.3 is 21.5 Å². The summed E-state index contributed by atoms with van der Waals surface area (Å²) in [5, 5.41) is 10.0. The van der Waals surface area contributed by atoms with Gasteiger partial charge in [-0.3, -0.25) is 10.2 Å². The highest BCUT2D eigenvalue weighted by Gasteiger charge is 2.02. The highest BCUT2D eigenvalue weighted by atomic mass is 16.5. The number of carbonyl (C=O) groups excluding carboxylic acids is 1. The van der Waals surface area contributed by atoms with Gasteiger partial charge in [-0.2, -0.15) is 4.99 Å². The third-order valence-electron chi connectivity index (χ3n) is 4.23. The Bertz CT molecular complexity index is 511. The fourth-order valence-electron chi connectivity index (χ4n) is 2.66. The minimum Gasteiger partial charge on any atom is -0.464 e. The van der Waals surface area contributed by atoms with Crippen LogP contribution in [0.2, 0.25) is 0 Å². The highest BCUT2D eigenvalue weighted by Crippen LogP contribution is 2.08. The molecule has 0 saturated carbocycles. The van der Waals surface area contributed by atoms with Crippen molar-refractivity contribution in [2.24, 2.45) is 16.5 Å². The van der Waals surface area contributed by atoms with E-state index in [1.165, 1.54) is 38.5 Å². The predicted molar refractivity (Wildman–Crippen MR) is 122 cm³/mol. The van der Waals surface area contributed by atoms with Gasteiger partial charge >= 0.3 is 5.97 Å². The van der Waals surface area contributed by atoms with Crippen molar-refractivity contribution in [1.29, 1.82) is 5.41 Å². The van der Waals surface area contributed by atoms with Crippen molar-refractivity contribution < 1.29 is 9.53 Å². The summed E-state index contributed by atoms with van der Waals surface area (Å²) in [5.74, 6) is -0.526. The lowest BCUT2D eigenvalue weighted by Gasteiger charge is -2.06. The van der Waals surface area contributed by atoms with Crippen LogP contribution in [0.5, 0.6) is 0 Å². The number of unbranched alkanes of at least 4 members (excludes halogenated alkanes) is 8. The third-order valence-corrected chi connectivity index (χ3v) is 4.23. The molecule has 0 aliphatic carbocycles. The van der Waals surface area contributed by atoms with Crippen LogP contribution in [0.15, 0.2) is 29.3 Å². The first-order chi connectivity index (χ1) is 14.1. The van der Waals surface area contributed by atoms with Crippen molar-refractivity contribution in [2.75, 3.05) is 13.2 Å². The summed E-state index contributed by atoms with van der Waals surface area (Å²) in [6.07, 6.45) is 22.3. The summed E-state index contributed by atoms with van der Waals surface area (Å²) in [5.41, 5.74) is 10.3. The van der Waals surface area contributed by atoms with Gasteiger partial charge in [-0.1, -0.05) is 63.3 Å². The second kappa shape index (κ2) is 20.4. The van der Waals surface area contributed by atoms with E-state index in [0.717, 1.165) is 32.1 Å². The fourth-order valence-corrected chi connectivity index (χ4v) is 2.66. The van der Waals surface area contributed by atoms with E-state index < -0.39 is 0 Å². The van der Waals surface area contributed by atoms with Gasteiger partial charge in [0.05, 0.1) is 6.54 Å². The van der Waals surface area contributed by atoms with Crippen molar-refractivity contribution in [1.82, 2.24) is 5.32 Å². The molecule has 0 amide bonds. The number of guanidine groups is 2. The molecule has 0 heterocycles. The van der Waals surface area contributed by atoms with E-state index in [9.17, 15) is 4.79 Å². The van der Waals surface area contributed by atoms with Gasteiger partial charge in [0.15, 0.2) is 5.96 Å². The molecule has 0 unspecified atom stereocenters. The van der Waals surface area contributed by atoms with E-state index in [-0.39, 0.29) is 24.5 Å². The van der Waals surface area contributed by atoms with Crippen LogP contribution in [0, 0.1) is 5.41 Å². The largest absolute Gasteiger partial charge is 0.464 e. The van der Waals surface area contributed by atoms with E-state index in [1.807, 2.05) is 0 Å². The van der Waals surface area contributed by atoms with Crippen LogP contribution in [0.4, 0.5) is 0 Å². The van der Waals surface area contributed by atoms with Gasteiger partial charge in [0.1, 0.15) is 6.61 Å². The summed E-state index contributed by atoms with van der Waals surface area (Å²) >= 11 is 0. The van der Waals surface area contributed by atoms with Gasteiger partial charge in [-0.15, -0.1) is 0 Å². The third kappa shape index (κ3) is 21.8. The summed E-state index contributed by atoms with van der Waals surface area (Å²) in [7, 11) is 0. The highest BCUT2D eigenvalue weighted by molar-refractivity contribution is 5.91. The van der Waals surface area contributed by atoms with Crippen LogP contribution in [0.1, 0.15) is 84.0 Å². The van der Waals surface area contributed by atoms with Crippen LogP contribution in [-0.4, -0.2) is 31.0 Å². The van der Waals surface area contributed by atoms with Gasteiger partial charge in [-0.25, -0.2) is 0 Å². The van der Waals surface area contributed by atoms with Crippen LogP contribution in [0.25, 0.3) is 0 Å². The van der Waals surface area contributed by atoms with E-state index in [4.69, 9.17) is 21.6 Å². The zero-order chi connectivity index (χ0) is 21.6. The van der Waals surface area contributed by atoms with E-state index in [0.29, 0.717) is 13.0 Å². The quantitative estimate of drug-likeness (QED) is 0.0947. The smallest absolute Gasteiger partial charge is 0.305 e. The molecule has 0 saturated heterocycles. The number of nitrogens with zero attached hydrogens (tertiary/aromatic N) is 1. The molecule has 0 fully saturated rings. The van der Waals surface area contributed by atoms with Gasteiger partial charge in [0.2, 0.25) is 5.96 Å². The topological polar surface area (TPSA) is 127 Å². The molecule has 0 spiro atoms. The number of aliphatic imine (C=N–C) groups is 1. The Morgan fingerprint density at radius 1 is 0.966 bits per heavy atom. The zero-order valence-electron chi connectivity index (χ0n) is 18.1. The van der Waals surface area contributed by atoms with Crippen LogP contribution in [0.3, 0.4) is 0 Å². The second-order valence-electron chi connectivity index (χ2n) is 7.01. The molecular weight excluding hydrogens is 366 g/mol. The minimum absolute atomic E-state index is 0.144. The molecule has 0 aromatic rings. The van der Waals surface area contributed by atoms with Crippen LogP contribution >= 0.6 is 0 Å². The SMILES string of the molecule is CCCCC/C=C\C/C=C\CCCCCCCC(=O)OCCNC(=N)N=C(N)N. The molecule has 0 radical (unpaired) electrons. The standard InChI is InChI=1S/C22H41N5O2/c1-2-3-4-5-6-7-8-9-10-11-12-13-14-15-16-17-20(28)29-19-18-26-22(25)27-21(23)24/h6-7,9-10H,2-5,8,11-19H2,1H3,(H6,23,24,25,26,27)/b7-6-,10-9-. The molecule has 0 aliphatic heterocycles. The molecule has 0 aromatic carbocycles. The van der Waals surface area contributed by atoms with Crippen molar-refractivity contribution in [3.8, 4) is 0 Å². The Labute approximate surface area is 176 Å². The fraction of sp³-hybridized carbons (Fsp3) is 0.682. The van der Waals surface area contributed by atoms with Crippen LogP contribution < -0.4 is 16.8 Å². The normalized spacial score (nSPS) is 11.1. The van der Waals surface area contributed by atoms with E-state index >= 15 is 0 Å². The molecule has 29 heavy (non-hydrogen) atoms. The molecule has 0 rings (SSSR count). The van der Waals surface area contributed by atoms with Gasteiger partial charge in [0.25, 0.3) is 0 Å². The van der Waals surface area contributed by atoms with Crippen molar-refractivity contribution in [3.05, 3.63) is 24.3 Å². The Morgan fingerprint density at radius 2 is 1.59 bits per heavy atom. The van der Waals surface area contributed by atoms with E-state index in [1.54, 1.807) is 0 Å². The number of carbonyl (C=O) groups is 1. The molecule has 7 heteroatoms. The zero-order valence-corrected chi connectivity index (χ0v) is 18.1. The maximum atomic E-state index is 11.6. The minimum atomic E-state index is -0.203. The molecule has 0 aliphatic rings. The van der Waals surface area contributed by atoms with E-state index in [2.05, 4.69) is 41.5 Å².